The summed E-state index contributed by atoms with van der Waals surface area (Å²) >= 11 is 0. The highest BCUT2D eigenvalue weighted by Gasteiger charge is 2.55. The molecule has 0 aliphatic heterocycles. The van der Waals surface area contributed by atoms with Gasteiger partial charge in [0.1, 0.15) is 11.5 Å². The Hall–Kier alpha value is -1.69. The van der Waals surface area contributed by atoms with Gasteiger partial charge < -0.3 is 15.4 Å². The van der Waals surface area contributed by atoms with Crippen LogP contribution in [-0.4, -0.2) is 42.2 Å². The van der Waals surface area contributed by atoms with Crippen molar-refractivity contribution in [2.24, 2.45) is 11.1 Å². The quantitative estimate of drug-likeness (QED) is 0.861. The van der Waals surface area contributed by atoms with Crippen LogP contribution >= 0.6 is 0 Å². The van der Waals surface area contributed by atoms with Crippen molar-refractivity contribution in [1.82, 2.24) is 9.97 Å². The number of aromatic nitrogens is 2. The zero-order valence-corrected chi connectivity index (χ0v) is 13.2. The Bertz CT molecular complexity index is 516. The first-order valence-corrected chi connectivity index (χ1v) is 7.37. The number of amides is 1. The van der Waals surface area contributed by atoms with Crippen molar-refractivity contribution in [3.8, 4) is 0 Å². The van der Waals surface area contributed by atoms with E-state index in [-0.39, 0.29) is 17.2 Å². The first-order chi connectivity index (χ1) is 10.00. The van der Waals surface area contributed by atoms with E-state index in [1.165, 1.54) is 6.20 Å². The Morgan fingerprint density at radius 1 is 1.48 bits per heavy atom. The van der Waals surface area contributed by atoms with Crippen LogP contribution in [0.25, 0.3) is 0 Å². The molecule has 21 heavy (non-hydrogen) atoms. The lowest BCUT2D eigenvalue weighted by molar-refractivity contribution is -0.113. The van der Waals surface area contributed by atoms with Crippen molar-refractivity contribution in [3.63, 3.8) is 0 Å². The summed E-state index contributed by atoms with van der Waals surface area (Å²) in [7, 11) is 3.76. The van der Waals surface area contributed by atoms with E-state index >= 15 is 0 Å². The summed E-state index contributed by atoms with van der Waals surface area (Å²) in [5, 5.41) is 0. The molecule has 116 valence electrons. The molecule has 0 bridgehead atoms. The van der Waals surface area contributed by atoms with Crippen molar-refractivity contribution in [2.45, 2.75) is 45.3 Å². The molecular formula is C15H24N4O2. The molecular weight excluding hydrogens is 268 g/mol. The lowest BCUT2D eigenvalue weighted by atomic mass is 9.58. The second-order valence-corrected chi connectivity index (χ2v) is 5.65. The largest absolute Gasteiger partial charge is 0.381 e. The molecule has 1 aliphatic carbocycles. The van der Waals surface area contributed by atoms with Gasteiger partial charge in [-0.3, -0.25) is 9.78 Å². The Morgan fingerprint density at radius 2 is 2.14 bits per heavy atom. The standard InChI is InChI=1S/C15H24N4O2/c1-5-15(6-2)11(7-12(15)21-4)19(3)13-9-17-8-10(18-13)14(16)20/h8-9,11-12H,5-7H2,1-4H3,(H2,16,20). The molecule has 6 nitrogen and oxygen atoms in total. The van der Waals surface area contributed by atoms with Gasteiger partial charge in [-0.05, 0) is 19.3 Å². The van der Waals surface area contributed by atoms with E-state index in [4.69, 9.17) is 10.5 Å². The van der Waals surface area contributed by atoms with Crippen LogP contribution in [0.2, 0.25) is 0 Å². The van der Waals surface area contributed by atoms with Gasteiger partial charge in [-0.1, -0.05) is 13.8 Å². The van der Waals surface area contributed by atoms with Crippen LogP contribution in [0, 0.1) is 5.41 Å². The van der Waals surface area contributed by atoms with Crippen molar-refractivity contribution < 1.29 is 9.53 Å². The molecule has 2 unspecified atom stereocenters. The van der Waals surface area contributed by atoms with Gasteiger partial charge in [-0.15, -0.1) is 0 Å². The van der Waals surface area contributed by atoms with E-state index in [0.717, 1.165) is 19.3 Å². The van der Waals surface area contributed by atoms with Gasteiger partial charge in [0.25, 0.3) is 5.91 Å². The molecule has 6 heteroatoms. The number of hydrogen-bond donors (Lipinski definition) is 1. The molecule has 1 heterocycles. The van der Waals surface area contributed by atoms with Gasteiger partial charge in [-0.25, -0.2) is 4.98 Å². The topological polar surface area (TPSA) is 81.3 Å². The fraction of sp³-hybridized carbons (Fsp3) is 0.667. The lowest BCUT2D eigenvalue weighted by Gasteiger charge is -2.58. The molecule has 0 saturated heterocycles. The monoisotopic (exact) mass is 292 g/mol. The second kappa shape index (κ2) is 5.97. The van der Waals surface area contributed by atoms with Crippen LogP contribution in [0.1, 0.15) is 43.6 Å². The number of carbonyl (C=O) groups is 1. The summed E-state index contributed by atoms with van der Waals surface area (Å²) in [6.07, 6.45) is 6.37. The number of nitrogens with two attached hydrogens (primary N) is 1. The maximum atomic E-state index is 11.2. The summed E-state index contributed by atoms with van der Waals surface area (Å²) in [4.78, 5) is 21.7. The molecule has 2 N–H and O–H groups in total. The molecule has 1 aliphatic rings. The summed E-state index contributed by atoms with van der Waals surface area (Å²) in [5.74, 6) is 0.121. The minimum Gasteiger partial charge on any atom is -0.381 e. The molecule has 1 aromatic rings. The summed E-state index contributed by atoms with van der Waals surface area (Å²) in [6.45, 7) is 4.39. The first-order valence-electron chi connectivity index (χ1n) is 7.37. The number of carbonyl (C=O) groups excluding carboxylic acids is 1. The third-order valence-electron chi connectivity index (χ3n) is 5.05. The van der Waals surface area contributed by atoms with Crippen molar-refractivity contribution in [1.29, 1.82) is 0 Å². The minimum absolute atomic E-state index is 0.119. The average Bonchev–Trinajstić information content (AvgIpc) is 2.48. The number of ether oxygens (including phenoxy) is 1. The Labute approximate surface area is 125 Å². The van der Waals surface area contributed by atoms with Crippen LogP contribution in [0.5, 0.6) is 0 Å². The highest BCUT2D eigenvalue weighted by atomic mass is 16.5. The van der Waals surface area contributed by atoms with Gasteiger partial charge in [0, 0.05) is 25.6 Å². The summed E-state index contributed by atoms with van der Waals surface area (Å²) in [5.41, 5.74) is 5.59. The molecule has 0 aromatic carbocycles. The number of nitrogens with zero attached hydrogens (tertiary/aromatic N) is 3. The fourth-order valence-corrected chi connectivity index (χ4v) is 3.58. The van der Waals surface area contributed by atoms with E-state index in [9.17, 15) is 4.79 Å². The molecule has 1 saturated carbocycles. The number of rotatable bonds is 6. The van der Waals surface area contributed by atoms with E-state index < -0.39 is 5.91 Å². The molecule has 0 spiro atoms. The molecule has 1 aromatic heterocycles. The van der Waals surface area contributed by atoms with Crippen molar-refractivity contribution in [2.75, 3.05) is 19.1 Å². The maximum absolute atomic E-state index is 11.2. The SMILES string of the molecule is CCC1(CC)C(OC)CC1N(C)c1cncc(C(N)=O)n1. The zero-order chi connectivity index (χ0) is 15.6. The predicted octanol–water partition coefficient (Wildman–Crippen LogP) is 1.61. The Morgan fingerprint density at radius 3 is 2.67 bits per heavy atom. The van der Waals surface area contributed by atoms with E-state index in [1.807, 2.05) is 7.05 Å². The first kappa shape index (κ1) is 15.7. The number of hydrogen-bond acceptors (Lipinski definition) is 5. The van der Waals surface area contributed by atoms with Crippen LogP contribution in [-0.2, 0) is 4.74 Å². The van der Waals surface area contributed by atoms with Crippen LogP contribution in [0.4, 0.5) is 5.82 Å². The predicted molar refractivity (Wildman–Crippen MR) is 81.2 cm³/mol. The van der Waals surface area contributed by atoms with Gasteiger partial charge in [-0.2, -0.15) is 0 Å². The van der Waals surface area contributed by atoms with Crippen molar-refractivity contribution in [3.05, 3.63) is 18.1 Å². The maximum Gasteiger partial charge on any atom is 0.268 e. The third-order valence-corrected chi connectivity index (χ3v) is 5.05. The number of methoxy groups -OCH3 is 1. The minimum atomic E-state index is -0.557. The highest BCUT2D eigenvalue weighted by molar-refractivity contribution is 5.90. The van der Waals surface area contributed by atoms with Crippen LogP contribution in [0.15, 0.2) is 12.4 Å². The number of anilines is 1. The second-order valence-electron chi connectivity index (χ2n) is 5.65. The summed E-state index contributed by atoms with van der Waals surface area (Å²) in [6, 6.07) is 0.329. The van der Waals surface area contributed by atoms with Gasteiger partial charge >= 0.3 is 0 Å². The Balaban J connectivity index is 2.26. The molecule has 1 amide bonds. The van der Waals surface area contributed by atoms with Crippen LogP contribution < -0.4 is 10.6 Å². The van der Waals surface area contributed by atoms with Crippen LogP contribution in [0.3, 0.4) is 0 Å². The van der Waals surface area contributed by atoms with E-state index in [2.05, 4.69) is 28.7 Å². The average molecular weight is 292 g/mol. The van der Waals surface area contributed by atoms with E-state index in [1.54, 1.807) is 13.3 Å². The van der Waals surface area contributed by atoms with Crippen molar-refractivity contribution >= 4 is 11.7 Å². The highest BCUT2D eigenvalue weighted by Crippen LogP contribution is 2.51. The number of primary amides is 1. The smallest absolute Gasteiger partial charge is 0.268 e. The normalized spacial score (nSPS) is 23.4. The van der Waals surface area contributed by atoms with Gasteiger partial charge in [0.05, 0.1) is 18.5 Å². The lowest BCUT2D eigenvalue weighted by Crippen LogP contribution is -2.63. The van der Waals surface area contributed by atoms with Gasteiger partial charge in [0.2, 0.25) is 0 Å². The molecule has 0 radical (unpaired) electrons. The Kier molecular flexibility index (Phi) is 4.46. The zero-order valence-electron chi connectivity index (χ0n) is 13.2. The van der Waals surface area contributed by atoms with E-state index in [0.29, 0.717) is 11.9 Å². The van der Waals surface area contributed by atoms with Gasteiger partial charge in [0.15, 0.2) is 0 Å². The molecule has 2 rings (SSSR count). The summed E-state index contributed by atoms with van der Waals surface area (Å²) < 4.78 is 5.63. The molecule has 2 atom stereocenters. The fourth-order valence-electron chi connectivity index (χ4n) is 3.58. The molecule has 1 fully saturated rings. The third kappa shape index (κ3) is 2.48.